The first-order valence-corrected chi connectivity index (χ1v) is 5.26. The lowest BCUT2D eigenvalue weighted by Crippen LogP contribution is -2.20. The molecule has 2 aromatic rings. The zero-order valence-corrected chi connectivity index (χ0v) is 9.14. The van der Waals surface area contributed by atoms with Gasteiger partial charge in [-0.2, -0.15) is 0 Å². The molecule has 0 aliphatic carbocycles. The van der Waals surface area contributed by atoms with Gasteiger partial charge in [0.05, 0.1) is 0 Å². The summed E-state index contributed by atoms with van der Waals surface area (Å²) in [5, 5.41) is 1.64. The zero-order valence-electron chi connectivity index (χ0n) is 9.14. The second-order valence-corrected chi connectivity index (χ2v) is 3.85. The quantitative estimate of drug-likeness (QED) is 0.785. The summed E-state index contributed by atoms with van der Waals surface area (Å²) in [6.45, 7) is 1.99. The summed E-state index contributed by atoms with van der Waals surface area (Å²) in [6.07, 6.45) is 2.14. The van der Waals surface area contributed by atoms with Crippen LogP contribution in [0.3, 0.4) is 0 Å². The first-order valence-electron chi connectivity index (χ1n) is 5.26. The minimum atomic E-state index is -0.0284. The highest BCUT2D eigenvalue weighted by Crippen LogP contribution is 2.08. The Morgan fingerprint density at radius 2 is 2.00 bits per heavy atom. The third-order valence-corrected chi connectivity index (χ3v) is 2.59. The van der Waals surface area contributed by atoms with Crippen LogP contribution in [0.2, 0.25) is 0 Å². The van der Waals surface area contributed by atoms with E-state index in [1.165, 1.54) is 6.92 Å². The lowest BCUT2D eigenvalue weighted by atomic mass is 10.2. The van der Waals surface area contributed by atoms with Crippen LogP contribution in [0.4, 0.5) is 0 Å². The Hall–Kier alpha value is -1.90. The van der Waals surface area contributed by atoms with Gasteiger partial charge in [0.15, 0.2) is 0 Å². The zero-order chi connectivity index (χ0) is 11.5. The van der Waals surface area contributed by atoms with Crippen molar-refractivity contribution in [3.05, 3.63) is 46.9 Å². The molecule has 0 atom stereocenters. The van der Waals surface area contributed by atoms with Crippen LogP contribution in [-0.2, 0) is 11.3 Å². The van der Waals surface area contributed by atoms with E-state index < -0.39 is 0 Å². The number of ketones is 1. The molecule has 0 fully saturated rings. The summed E-state index contributed by atoms with van der Waals surface area (Å²) in [4.78, 5) is 22.9. The van der Waals surface area contributed by atoms with Crippen molar-refractivity contribution in [2.45, 2.75) is 19.9 Å². The molecule has 1 aromatic carbocycles. The van der Waals surface area contributed by atoms with Crippen LogP contribution in [0.25, 0.3) is 10.8 Å². The maximum atomic E-state index is 12.0. The second kappa shape index (κ2) is 4.31. The van der Waals surface area contributed by atoms with Gasteiger partial charge in [0.25, 0.3) is 5.56 Å². The lowest BCUT2D eigenvalue weighted by Gasteiger charge is -2.05. The van der Waals surface area contributed by atoms with Crippen molar-refractivity contribution in [3.63, 3.8) is 0 Å². The normalized spacial score (nSPS) is 10.6. The number of carbonyl (C=O) groups excluding carboxylic acids is 1. The molecule has 0 N–H and O–H groups in total. The fourth-order valence-electron chi connectivity index (χ4n) is 1.68. The van der Waals surface area contributed by atoms with Crippen LogP contribution >= 0.6 is 0 Å². The average Bonchev–Trinajstić information content (AvgIpc) is 2.28. The third kappa shape index (κ3) is 2.03. The van der Waals surface area contributed by atoms with E-state index in [0.29, 0.717) is 18.4 Å². The highest BCUT2D eigenvalue weighted by Gasteiger charge is 2.02. The molecule has 82 valence electrons. The van der Waals surface area contributed by atoms with Crippen LogP contribution in [0.5, 0.6) is 0 Å². The third-order valence-electron chi connectivity index (χ3n) is 2.59. The van der Waals surface area contributed by atoms with Gasteiger partial charge >= 0.3 is 0 Å². The highest BCUT2D eigenvalue weighted by atomic mass is 16.1. The second-order valence-electron chi connectivity index (χ2n) is 3.85. The number of carbonyl (C=O) groups is 1. The van der Waals surface area contributed by atoms with E-state index in [2.05, 4.69) is 0 Å². The van der Waals surface area contributed by atoms with Gasteiger partial charge in [-0.05, 0) is 24.4 Å². The fraction of sp³-hybridized carbons (Fsp3) is 0.231. The van der Waals surface area contributed by atoms with Gasteiger partial charge in [-0.25, -0.2) is 0 Å². The molecule has 0 aliphatic rings. The molecule has 0 radical (unpaired) electrons. The molecule has 3 nitrogen and oxygen atoms in total. The summed E-state index contributed by atoms with van der Waals surface area (Å²) >= 11 is 0. The van der Waals surface area contributed by atoms with Crippen molar-refractivity contribution < 1.29 is 4.79 Å². The predicted molar refractivity (Wildman–Crippen MR) is 63.5 cm³/mol. The molecule has 0 bridgehead atoms. The van der Waals surface area contributed by atoms with E-state index in [1.807, 2.05) is 30.3 Å². The van der Waals surface area contributed by atoms with Crippen molar-refractivity contribution in [1.82, 2.24) is 4.57 Å². The van der Waals surface area contributed by atoms with Gasteiger partial charge in [-0.1, -0.05) is 18.2 Å². The molecule has 0 unspecified atom stereocenters. The van der Waals surface area contributed by atoms with Gasteiger partial charge in [0.1, 0.15) is 5.78 Å². The summed E-state index contributed by atoms with van der Waals surface area (Å²) in [5.41, 5.74) is -0.0284. The lowest BCUT2D eigenvalue weighted by molar-refractivity contribution is -0.117. The molecule has 0 aliphatic heterocycles. The van der Waals surface area contributed by atoms with Crippen LogP contribution < -0.4 is 5.56 Å². The van der Waals surface area contributed by atoms with Crippen molar-refractivity contribution >= 4 is 16.6 Å². The summed E-state index contributed by atoms with van der Waals surface area (Å²) in [6, 6.07) is 9.37. The SMILES string of the molecule is CC(=O)CCn1ccc2ccccc2c1=O. The van der Waals surface area contributed by atoms with E-state index in [-0.39, 0.29) is 11.3 Å². The van der Waals surface area contributed by atoms with Crippen molar-refractivity contribution in [2.24, 2.45) is 0 Å². The fourth-order valence-corrected chi connectivity index (χ4v) is 1.68. The van der Waals surface area contributed by atoms with E-state index in [4.69, 9.17) is 0 Å². The van der Waals surface area contributed by atoms with E-state index in [9.17, 15) is 9.59 Å². The highest BCUT2D eigenvalue weighted by molar-refractivity contribution is 5.81. The number of aryl methyl sites for hydroxylation is 1. The van der Waals surface area contributed by atoms with Crippen molar-refractivity contribution in [1.29, 1.82) is 0 Å². The molecular weight excluding hydrogens is 202 g/mol. The van der Waals surface area contributed by atoms with Crippen LogP contribution in [0.15, 0.2) is 41.3 Å². The minimum Gasteiger partial charge on any atom is -0.315 e. The maximum Gasteiger partial charge on any atom is 0.258 e. The Bertz CT molecular complexity index is 584. The molecule has 0 saturated carbocycles. The number of fused-ring (bicyclic) bond motifs is 1. The average molecular weight is 215 g/mol. The maximum absolute atomic E-state index is 12.0. The van der Waals surface area contributed by atoms with Gasteiger partial charge in [0.2, 0.25) is 0 Å². The first-order chi connectivity index (χ1) is 7.68. The number of Topliss-reactive ketones (excluding diaryl/α,β-unsaturated/α-hetero) is 1. The molecule has 2 rings (SSSR count). The number of rotatable bonds is 3. The van der Waals surface area contributed by atoms with Gasteiger partial charge < -0.3 is 4.57 Å². The Balaban J connectivity index is 2.45. The predicted octanol–water partition coefficient (Wildman–Crippen LogP) is 1.98. The summed E-state index contributed by atoms with van der Waals surface area (Å²) in [5.74, 6) is 0.0973. The molecule has 0 spiro atoms. The number of benzene rings is 1. The van der Waals surface area contributed by atoms with Gasteiger partial charge in [-0.15, -0.1) is 0 Å². The molecule has 1 aromatic heterocycles. The first kappa shape index (κ1) is 10.6. The van der Waals surface area contributed by atoms with Crippen molar-refractivity contribution in [2.75, 3.05) is 0 Å². The topological polar surface area (TPSA) is 39.1 Å². The van der Waals surface area contributed by atoms with Gasteiger partial charge in [0, 0.05) is 24.5 Å². The van der Waals surface area contributed by atoms with Crippen molar-refractivity contribution in [3.8, 4) is 0 Å². The smallest absolute Gasteiger partial charge is 0.258 e. The number of hydrogen-bond donors (Lipinski definition) is 0. The Labute approximate surface area is 93.3 Å². The number of hydrogen-bond acceptors (Lipinski definition) is 2. The van der Waals surface area contributed by atoms with Crippen LogP contribution in [-0.4, -0.2) is 10.4 Å². The summed E-state index contributed by atoms with van der Waals surface area (Å²) in [7, 11) is 0. The standard InChI is InChI=1S/C13H13NO2/c1-10(15)6-8-14-9-7-11-4-2-3-5-12(11)13(14)16/h2-5,7,9H,6,8H2,1H3. The van der Waals surface area contributed by atoms with E-state index in [0.717, 1.165) is 5.39 Å². The number of pyridine rings is 1. The Kier molecular flexibility index (Phi) is 2.86. The molecule has 1 heterocycles. The Morgan fingerprint density at radius 1 is 1.25 bits per heavy atom. The van der Waals surface area contributed by atoms with Crippen LogP contribution in [0.1, 0.15) is 13.3 Å². The minimum absolute atomic E-state index is 0.0284. The summed E-state index contributed by atoms with van der Waals surface area (Å²) < 4.78 is 1.59. The molecule has 0 amide bonds. The Morgan fingerprint density at radius 3 is 2.75 bits per heavy atom. The van der Waals surface area contributed by atoms with Crippen LogP contribution in [0, 0.1) is 0 Å². The van der Waals surface area contributed by atoms with E-state index >= 15 is 0 Å². The van der Waals surface area contributed by atoms with Gasteiger partial charge in [-0.3, -0.25) is 9.59 Å². The molecular formula is C13H13NO2. The molecule has 3 heteroatoms. The number of nitrogens with zero attached hydrogens (tertiary/aromatic N) is 1. The monoisotopic (exact) mass is 215 g/mol. The molecule has 0 saturated heterocycles. The molecule has 16 heavy (non-hydrogen) atoms. The number of aromatic nitrogens is 1. The van der Waals surface area contributed by atoms with E-state index in [1.54, 1.807) is 10.8 Å². The largest absolute Gasteiger partial charge is 0.315 e.